The number of aliphatic hydroxyl groups excluding tert-OH is 1. The Kier molecular flexibility index (Phi) is 2.80. The van der Waals surface area contributed by atoms with Gasteiger partial charge in [-0.25, -0.2) is 22.0 Å². The van der Waals surface area contributed by atoms with E-state index in [0.29, 0.717) is 0 Å². The number of allylic oxidation sites excluding steroid dienone is 2. The van der Waals surface area contributed by atoms with Crippen molar-refractivity contribution >= 4 is 11.6 Å². The van der Waals surface area contributed by atoms with Gasteiger partial charge in [0.15, 0.2) is 6.17 Å². The summed E-state index contributed by atoms with van der Waals surface area (Å²) in [6.07, 6.45) is -3.07. The van der Waals surface area contributed by atoms with E-state index in [4.69, 9.17) is 16.7 Å². The molecule has 1 aliphatic carbocycles. The summed E-state index contributed by atoms with van der Waals surface area (Å²) in [6, 6.07) is 0. The van der Waals surface area contributed by atoms with E-state index in [1.54, 1.807) is 0 Å². The van der Waals surface area contributed by atoms with E-state index >= 15 is 0 Å². The van der Waals surface area contributed by atoms with E-state index in [-0.39, 0.29) is 6.08 Å². The van der Waals surface area contributed by atoms with Crippen molar-refractivity contribution in [1.82, 2.24) is 0 Å². The van der Waals surface area contributed by atoms with Gasteiger partial charge in [-0.05, 0) is 0 Å². The fourth-order valence-electron chi connectivity index (χ4n) is 1.22. The summed E-state index contributed by atoms with van der Waals surface area (Å²) in [6.45, 7) is -1.51. The lowest BCUT2D eigenvalue weighted by Crippen LogP contribution is -2.52. The normalized spacial score (nSPS) is 35.2. The highest BCUT2D eigenvalue weighted by Gasteiger charge is 2.62. The van der Waals surface area contributed by atoms with E-state index in [9.17, 15) is 22.0 Å². The first-order valence-electron chi connectivity index (χ1n) is 3.62. The Balaban J connectivity index is 3.18. The second kappa shape index (κ2) is 3.34. The lowest BCUT2D eigenvalue weighted by Gasteiger charge is -2.36. The molecule has 1 rings (SSSR count). The summed E-state index contributed by atoms with van der Waals surface area (Å²) in [5, 5.41) is 7.14. The molecule has 0 heterocycles. The molecule has 0 radical (unpaired) electrons. The number of alkyl halides is 5. The Bertz CT molecular complexity index is 265. The van der Waals surface area contributed by atoms with E-state index in [2.05, 4.69) is 0 Å². The van der Waals surface area contributed by atoms with Gasteiger partial charge in [0.25, 0.3) is 11.8 Å². The lowest BCUT2D eigenvalue weighted by molar-refractivity contribution is -0.195. The highest BCUT2D eigenvalue weighted by Crippen LogP contribution is 2.48. The monoisotopic (exact) mass is 236 g/mol. The highest BCUT2D eigenvalue weighted by atomic mass is 35.5. The molecule has 0 aliphatic heterocycles. The van der Waals surface area contributed by atoms with Gasteiger partial charge in [0.1, 0.15) is 5.92 Å². The minimum absolute atomic E-state index is 0.0858. The first-order valence-corrected chi connectivity index (χ1v) is 4.00. The van der Waals surface area contributed by atoms with Crippen molar-refractivity contribution in [1.29, 1.82) is 0 Å². The van der Waals surface area contributed by atoms with Crippen LogP contribution in [0.4, 0.5) is 22.0 Å². The Morgan fingerprint density at radius 3 is 2.29 bits per heavy atom. The molecule has 2 atom stereocenters. The maximum absolute atomic E-state index is 12.9. The average Bonchev–Trinajstić information content (AvgIpc) is 1.99. The summed E-state index contributed by atoms with van der Waals surface area (Å²) in [5.74, 6) is -11.1. The quantitative estimate of drug-likeness (QED) is 0.693. The first kappa shape index (κ1) is 11.7. The number of halogens is 6. The Hall–Kier alpha value is -0.360. The van der Waals surface area contributed by atoms with Gasteiger partial charge in [-0.15, -0.1) is 0 Å². The van der Waals surface area contributed by atoms with Gasteiger partial charge in [-0.1, -0.05) is 11.6 Å². The van der Waals surface area contributed by atoms with E-state index in [0.717, 1.165) is 0 Å². The molecule has 0 saturated heterocycles. The molecule has 0 amide bonds. The molecule has 0 saturated carbocycles. The van der Waals surface area contributed by atoms with Crippen molar-refractivity contribution in [2.24, 2.45) is 5.92 Å². The molecule has 7 heteroatoms. The zero-order valence-electron chi connectivity index (χ0n) is 6.65. The van der Waals surface area contributed by atoms with Crippen LogP contribution in [0.25, 0.3) is 0 Å². The third-order valence-electron chi connectivity index (χ3n) is 2.02. The second-order valence-corrected chi connectivity index (χ2v) is 3.41. The van der Waals surface area contributed by atoms with Crippen LogP contribution in [0.2, 0.25) is 0 Å². The van der Waals surface area contributed by atoms with Gasteiger partial charge in [-0.3, -0.25) is 0 Å². The summed E-state index contributed by atoms with van der Waals surface area (Å²) in [5.41, 5.74) is 0. The van der Waals surface area contributed by atoms with Crippen LogP contribution in [0.15, 0.2) is 11.1 Å². The van der Waals surface area contributed by atoms with Crippen LogP contribution in [0.1, 0.15) is 0 Å². The predicted molar refractivity (Wildman–Crippen MR) is 39.3 cm³/mol. The van der Waals surface area contributed by atoms with Gasteiger partial charge in [0.05, 0.1) is 11.6 Å². The fraction of sp³-hybridized carbons (Fsp3) is 0.714. The maximum atomic E-state index is 12.9. The van der Waals surface area contributed by atoms with Crippen LogP contribution in [0.5, 0.6) is 0 Å². The van der Waals surface area contributed by atoms with Gasteiger partial charge >= 0.3 is 0 Å². The van der Waals surface area contributed by atoms with Crippen LogP contribution in [0, 0.1) is 5.92 Å². The van der Waals surface area contributed by atoms with Crippen molar-refractivity contribution in [3.8, 4) is 0 Å². The zero-order chi connectivity index (χ0) is 11.1. The molecule has 82 valence electrons. The van der Waals surface area contributed by atoms with Crippen LogP contribution in [-0.2, 0) is 0 Å². The largest absolute Gasteiger partial charge is 0.396 e. The third kappa shape index (κ3) is 1.61. The molecule has 0 aromatic heterocycles. The van der Waals surface area contributed by atoms with Crippen LogP contribution in [0.3, 0.4) is 0 Å². The molecule has 0 aromatic rings. The first-order chi connectivity index (χ1) is 6.23. The predicted octanol–water partition coefficient (Wildman–Crippen LogP) is 2.34. The Morgan fingerprint density at radius 2 is 1.86 bits per heavy atom. The molecule has 1 N–H and O–H groups in total. The number of hydrogen-bond donors (Lipinski definition) is 1. The van der Waals surface area contributed by atoms with E-state index in [1.165, 1.54) is 0 Å². The summed E-state index contributed by atoms with van der Waals surface area (Å²) in [7, 11) is 0. The molecule has 0 spiro atoms. The molecule has 1 aliphatic rings. The van der Waals surface area contributed by atoms with Crippen molar-refractivity contribution < 1.29 is 27.1 Å². The van der Waals surface area contributed by atoms with Gasteiger partial charge in [-0.2, -0.15) is 0 Å². The maximum Gasteiger partial charge on any atom is 0.294 e. The van der Waals surface area contributed by atoms with Crippen LogP contribution < -0.4 is 0 Å². The third-order valence-corrected chi connectivity index (χ3v) is 2.32. The van der Waals surface area contributed by atoms with Gasteiger partial charge in [0.2, 0.25) is 0 Å². The van der Waals surface area contributed by atoms with Crippen molar-refractivity contribution in [2.45, 2.75) is 18.0 Å². The van der Waals surface area contributed by atoms with Gasteiger partial charge < -0.3 is 5.11 Å². The fourth-order valence-corrected chi connectivity index (χ4v) is 1.51. The summed E-state index contributed by atoms with van der Waals surface area (Å²) < 4.78 is 64.1. The minimum Gasteiger partial charge on any atom is -0.396 e. The molecule has 0 aromatic carbocycles. The lowest BCUT2D eigenvalue weighted by atomic mass is 9.86. The molecule has 0 fully saturated rings. The molecule has 1 nitrogen and oxygen atoms in total. The van der Waals surface area contributed by atoms with Crippen molar-refractivity contribution in [2.75, 3.05) is 6.61 Å². The molecule has 0 bridgehead atoms. The van der Waals surface area contributed by atoms with Crippen LogP contribution >= 0.6 is 11.6 Å². The number of rotatable bonds is 1. The molecular weight excluding hydrogens is 231 g/mol. The van der Waals surface area contributed by atoms with Gasteiger partial charge in [0, 0.05) is 6.08 Å². The average molecular weight is 237 g/mol. The minimum atomic E-state index is -4.36. The molecule has 14 heavy (non-hydrogen) atoms. The smallest absolute Gasteiger partial charge is 0.294 e. The van der Waals surface area contributed by atoms with E-state index in [1.807, 2.05) is 0 Å². The van der Waals surface area contributed by atoms with Crippen molar-refractivity contribution in [3.63, 3.8) is 0 Å². The van der Waals surface area contributed by atoms with Crippen LogP contribution in [-0.4, -0.2) is 29.7 Å². The number of aliphatic hydroxyl groups is 1. The van der Waals surface area contributed by atoms with E-state index < -0.39 is 35.6 Å². The molecule has 2 unspecified atom stereocenters. The second-order valence-electron chi connectivity index (χ2n) is 2.98. The Morgan fingerprint density at radius 1 is 1.36 bits per heavy atom. The van der Waals surface area contributed by atoms with Crippen molar-refractivity contribution in [3.05, 3.63) is 11.1 Å². The SMILES string of the molecule is OCC1C(F)(F)C=C(Cl)C(F)C1(F)F. The highest BCUT2D eigenvalue weighted by molar-refractivity contribution is 6.30. The summed E-state index contributed by atoms with van der Waals surface area (Å²) in [4.78, 5) is 0. The zero-order valence-corrected chi connectivity index (χ0v) is 7.41. The Labute approximate surface area is 81.2 Å². The summed E-state index contributed by atoms with van der Waals surface area (Å²) >= 11 is 4.90. The standard InChI is InChI=1S/C7H6ClF5O/c8-3-1-6(10,11)4(2-14)7(12,13)5(3)9/h1,4-5,14H,2H2. The molecular formula is C7H6ClF5O. The topological polar surface area (TPSA) is 20.2 Å². The number of hydrogen-bond acceptors (Lipinski definition) is 1.